The smallest absolute Gasteiger partial charge is 0.191 e. The van der Waals surface area contributed by atoms with Gasteiger partial charge in [0.25, 0.3) is 0 Å². The molecule has 8 heteroatoms. The molecule has 0 saturated heterocycles. The number of rotatable bonds is 10. The van der Waals surface area contributed by atoms with Crippen LogP contribution in [0.2, 0.25) is 46.3 Å². The molecule has 0 heterocycles. The summed E-state index contributed by atoms with van der Waals surface area (Å²) >= 11 is 12.3. The number of halogens is 2. The number of hydrogen-bond acceptors (Lipinski definition) is 4. The maximum absolute atomic E-state index is 11.1. The highest BCUT2D eigenvalue weighted by Crippen LogP contribution is 2.38. The molecule has 1 rings (SSSR count). The number of carbonyl (C=O) groups excluding carboxylic acids is 1. The number of aldehydes is 1. The average Bonchev–Trinajstić information content (AvgIpc) is 2.58. The van der Waals surface area contributed by atoms with Crippen LogP contribution in [0.5, 0.6) is 5.75 Å². The SMILES string of the molecule is CC(C)(C)[Si](C)(C)OCC(COc1cc(Cl)c(C=O)c(Cl)c1)CO[Si](C)(C)C(C)(C)C. The van der Waals surface area contributed by atoms with E-state index in [1.807, 2.05) is 0 Å². The third-order valence-corrected chi connectivity index (χ3v) is 16.3. The number of benzene rings is 1. The van der Waals surface area contributed by atoms with E-state index >= 15 is 0 Å². The summed E-state index contributed by atoms with van der Waals surface area (Å²) in [6, 6.07) is 3.25. The lowest BCUT2D eigenvalue weighted by Gasteiger charge is -2.39. The van der Waals surface area contributed by atoms with Gasteiger partial charge in [-0.1, -0.05) is 64.7 Å². The van der Waals surface area contributed by atoms with Gasteiger partial charge in [0.1, 0.15) is 5.75 Å². The second-order valence-electron chi connectivity index (χ2n) is 11.2. The van der Waals surface area contributed by atoms with Crippen molar-refractivity contribution in [2.24, 2.45) is 5.92 Å². The Morgan fingerprint density at radius 3 is 1.55 bits per heavy atom. The van der Waals surface area contributed by atoms with Gasteiger partial charge in [-0.3, -0.25) is 4.79 Å². The van der Waals surface area contributed by atoms with Crippen molar-refractivity contribution in [3.8, 4) is 5.75 Å². The Balaban J connectivity index is 2.95. The Morgan fingerprint density at radius 1 is 0.839 bits per heavy atom. The Morgan fingerprint density at radius 2 is 1.23 bits per heavy atom. The van der Waals surface area contributed by atoms with Crippen LogP contribution in [0.25, 0.3) is 0 Å². The number of hydrogen-bond donors (Lipinski definition) is 0. The summed E-state index contributed by atoms with van der Waals surface area (Å²) in [4.78, 5) is 11.1. The van der Waals surface area contributed by atoms with Crippen molar-refractivity contribution in [1.29, 1.82) is 0 Å². The summed E-state index contributed by atoms with van der Waals surface area (Å²) in [5, 5.41) is 0.822. The van der Waals surface area contributed by atoms with Crippen LogP contribution < -0.4 is 4.74 Å². The summed E-state index contributed by atoms with van der Waals surface area (Å²) in [6.07, 6.45) is 0.650. The molecule has 0 fully saturated rings. The molecule has 0 unspecified atom stereocenters. The van der Waals surface area contributed by atoms with Gasteiger partial charge in [-0.2, -0.15) is 0 Å². The van der Waals surface area contributed by atoms with Crippen LogP contribution in [0.3, 0.4) is 0 Å². The van der Waals surface area contributed by atoms with E-state index in [2.05, 4.69) is 67.7 Å². The molecule has 4 nitrogen and oxygen atoms in total. The van der Waals surface area contributed by atoms with Crippen LogP contribution in [-0.4, -0.2) is 42.7 Å². The molecule has 1 aromatic carbocycles. The molecular formula is C23H40Cl2O4Si2. The standard InChI is InChI=1S/C23H40Cl2O4Si2/c1-22(2,3)30(7,8)28-15-17(16-29-31(9,10)23(4,5)6)14-27-18-11-20(24)19(13-26)21(25)12-18/h11-13,17H,14-16H2,1-10H3. The van der Waals surface area contributed by atoms with Gasteiger partial charge >= 0.3 is 0 Å². The van der Waals surface area contributed by atoms with Gasteiger partial charge in [0.05, 0.1) is 22.2 Å². The number of carbonyl (C=O) groups is 1. The van der Waals surface area contributed by atoms with Crippen LogP contribution in [0.1, 0.15) is 51.9 Å². The van der Waals surface area contributed by atoms with Gasteiger partial charge in [0, 0.05) is 19.1 Å². The fourth-order valence-electron chi connectivity index (χ4n) is 2.20. The summed E-state index contributed by atoms with van der Waals surface area (Å²) in [6.45, 7) is 23.9. The molecule has 178 valence electrons. The fraction of sp³-hybridized carbons (Fsp3) is 0.696. The Hall–Kier alpha value is -0.376. The van der Waals surface area contributed by atoms with Gasteiger partial charge < -0.3 is 13.6 Å². The van der Waals surface area contributed by atoms with Gasteiger partial charge in [-0.05, 0) is 48.4 Å². The average molecular weight is 508 g/mol. The van der Waals surface area contributed by atoms with Crippen molar-refractivity contribution < 1.29 is 18.4 Å². The summed E-state index contributed by atoms with van der Waals surface area (Å²) in [5.41, 5.74) is 0.273. The van der Waals surface area contributed by atoms with Gasteiger partial charge in [0.2, 0.25) is 0 Å². The minimum Gasteiger partial charge on any atom is -0.493 e. The van der Waals surface area contributed by atoms with Crippen LogP contribution in [0, 0.1) is 5.92 Å². The van der Waals surface area contributed by atoms with Crippen LogP contribution >= 0.6 is 23.2 Å². The maximum atomic E-state index is 11.1. The van der Waals surface area contributed by atoms with E-state index in [1.165, 1.54) is 0 Å². The summed E-state index contributed by atoms with van der Waals surface area (Å²) in [7, 11) is -3.80. The minimum absolute atomic E-state index is 0.0616. The third kappa shape index (κ3) is 8.16. The molecule has 0 atom stereocenters. The lowest BCUT2D eigenvalue weighted by molar-refractivity contribution is 0.112. The van der Waals surface area contributed by atoms with Crippen molar-refractivity contribution in [3.63, 3.8) is 0 Å². The van der Waals surface area contributed by atoms with E-state index in [-0.39, 0.29) is 31.6 Å². The predicted octanol–water partition coefficient (Wildman–Crippen LogP) is 7.84. The molecule has 0 aliphatic carbocycles. The molecule has 0 aliphatic heterocycles. The minimum atomic E-state index is -1.90. The Kier molecular flexibility index (Phi) is 9.89. The van der Waals surface area contributed by atoms with Crippen LogP contribution in [0.4, 0.5) is 0 Å². The molecule has 0 aliphatic rings. The predicted molar refractivity (Wildman–Crippen MR) is 137 cm³/mol. The second kappa shape index (κ2) is 10.7. The second-order valence-corrected chi connectivity index (χ2v) is 21.7. The quantitative estimate of drug-likeness (QED) is 0.239. The molecule has 0 radical (unpaired) electrons. The zero-order chi connectivity index (χ0) is 24.3. The first kappa shape index (κ1) is 28.7. The third-order valence-electron chi connectivity index (χ3n) is 6.63. The first-order chi connectivity index (χ1) is 13.9. The number of ether oxygens (including phenoxy) is 1. The van der Waals surface area contributed by atoms with E-state index in [4.69, 9.17) is 36.8 Å². The molecule has 0 saturated carbocycles. The van der Waals surface area contributed by atoms with E-state index in [1.54, 1.807) is 12.1 Å². The van der Waals surface area contributed by atoms with Crippen molar-refractivity contribution >= 4 is 46.1 Å². The highest BCUT2D eigenvalue weighted by molar-refractivity contribution is 6.74. The van der Waals surface area contributed by atoms with E-state index in [9.17, 15) is 4.79 Å². The molecular weight excluding hydrogens is 467 g/mol. The van der Waals surface area contributed by atoms with Gasteiger partial charge in [-0.15, -0.1) is 0 Å². The van der Waals surface area contributed by atoms with Crippen LogP contribution in [-0.2, 0) is 8.85 Å². The molecule has 0 spiro atoms. The Bertz CT molecular complexity index is 700. The Labute approximate surface area is 201 Å². The van der Waals surface area contributed by atoms with Crippen molar-refractivity contribution in [2.45, 2.75) is 77.8 Å². The molecule has 0 bridgehead atoms. The van der Waals surface area contributed by atoms with E-state index < -0.39 is 16.6 Å². The molecule has 0 aromatic heterocycles. The topological polar surface area (TPSA) is 44.8 Å². The largest absolute Gasteiger partial charge is 0.493 e. The van der Waals surface area contributed by atoms with Crippen molar-refractivity contribution in [2.75, 3.05) is 19.8 Å². The highest BCUT2D eigenvalue weighted by Gasteiger charge is 2.39. The van der Waals surface area contributed by atoms with Crippen LogP contribution in [0.15, 0.2) is 12.1 Å². The normalized spacial score (nSPS) is 13.6. The van der Waals surface area contributed by atoms with Crippen molar-refractivity contribution in [3.05, 3.63) is 27.7 Å². The molecule has 0 amide bonds. The summed E-state index contributed by atoms with van der Waals surface area (Å²) in [5.74, 6) is 0.594. The lowest BCUT2D eigenvalue weighted by atomic mass is 10.2. The highest BCUT2D eigenvalue weighted by atomic mass is 35.5. The van der Waals surface area contributed by atoms with Gasteiger partial charge in [-0.25, -0.2) is 0 Å². The zero-order valence-corrected chi connectivity index (χ0v) is 24.3. The van der Waals surface area contributed by atoms with Gasteiger partial charge in [0.15, 0.2) is 22.9 Å². The fourth-order valence-corrected chi connectivity index (χ4v) is 4.93. The lowest BCUT2D eigenvalue weighted by Crippen LogP contribution is -2.45. The molecule has 31 heavy (non-hydrogen) atoms. The van der Waals surface area contributed by atoms with E-state index in [0.29, 0.717) is 31.9 Å². The van der Waals surface area contributed by atoms with E-state index in [0.717, 1.165) is 0 Å². The first-order valence-corrected chi connectivity index (χ1v) is 17.3. The van der Waals surface area contributed by atoms with Crippen molar-refractivity contribution in [1.82, 2.24) is 0 Å². The first-order valence-electron chi connectivity index (χ1n) is 10.8. The zero-order valence-electron chi connectivity index (χ0n) is 20.8. The summed E-state index contributed by atoms with van der Waals surface area (Å²) < 4.78 is 19.0. The molecule has 0 N–H and O–H groups in total. The monoisotopic (exact) mass is 506 g/mol. The molecule has 1 aromatic rings. The maximum Gasteiger partial charge on any atom is 0.191 e.